The van der Waals surface area contributed by atoms with Gasteiger partial charge in [0.05, 0.1) is 5.69 Å². The summed E-state index contributed by atoms with van der Waals surface area (Å²) in [6, 6.07) is 2.15. The summed E-state index contributed by atoms with van der Waals surface area (Å²) in [5, 5.41) is 11.4. The van der Waals surface area contributed by atoms with Gasteiger partial charge in [0.2, 0.25) is 0 Å². The third kappa shape index (κ3) is 3.67. The lowest BCUT2D eigenvalue weighted by molar-refractivity contribution is 0.208. The number of thiazole rings is 1. The number of carbonyl (C=O) groups excluding carboxylic acids is 1. The predicted molar refractivity (Wildman–Crippen MR) is 107 cm³/mol. The molecule has 27 heavy (non-hydrogen) atoms. The molecule has 2 amide bonds. The van der Waals surface area contributed by atoms with Crippen LogP contribution in [0.25, 0.3) is 0 Å². The molecule has 0 atom stereocenters. The molecule has 2 N–H and O–H groups in total. The molecule has 2 fully saturated rings. The van der Waals surface area contributed by atoms with E-state index in [2.05, 4.69) is 31.5 Å². The molecule has 0 spiro atoms. The van der Waals surface area contributed by atoms with Crippen molar-refractivity contribution in [1.82, 2.24) is 20.1 Å². The molecule has 2 aromatic heterocycles. The van der Waals surface area contributed by atoms with E-state index >= 15 is 0 Å². The standard InChI is InChI=1S/C19H26N6OS/c26-19(21-18-20-14-4-2-1-3-5-16(14)27-18)25-10-8-24(9-11-25)17-12-15(22-23-17)13-6-7-13/h12-13H,1-11H2,(H,22,23)(H,20,21,26). The first-order valence-electron chi connectivity index (χ1n) is 10.1. The van der Waals surface area contributed by atoms with Crippen molar-refractivity contribution >= 4 is 28.3 Å². The lowest BCUT2D eigenvalue weighted by atomic mass is 10.2. The van der Waals surface area contributed by atoms with Crippen molar-refractivity contribution in [1.29, 1.82) is 0 Å². The number of anilines is 2. The molecule has 1 saturated carbocycles. The highest BCUT2D eigenvalue weighted by molar-refractivity contribution is 7.15. The highest BCUT2D eigenvalue weighted by Crippen LogP contribution is 2.39. The SMILES string of the molecule is O=C(Nc1nc2c(s1)CCCCC2)N1CCN(c2cc(C3CC3)[nH]n2)CC1. The van der Waals surface area contributed by atoms with E-state index in [1.807, 2.05) is 4.90 Å². The van der Waals surface area contributed by atoms with Gasteiger partial charge in [0, 0.05) is 48.7 Å². The van der Waals surface area contributed by atoms with E-state index in [4.69, 9.17) is 0 Å². The number of piperazine rings is 1. The lowest BCUT2D eigenvalue weighted by Crippen LogP contribution is -2.50. The molecule has 0 unspecified atom stereocenters. The number of aryl methyl sites for hydroxylation is 2. The number of hydrogen-bond acceptors (Lipinski definition) is 5. The van der Waals surface area contributed by atoms with Crippen molar-refractivity contribution in [2.24, 2.45) is 0 Å². The number of fused-ring (bicyclic) bond motifs is 1. The van der Waals surface area contributed by atoms with Crippen LogP contribution in [0.4, 0.5) is 15.7 Å². The Morgan fingerprint density at radius 1 is 1.15 bits per heavy atom. The van der Waals surface area contributed by atoms with Crippen LogP contribution < -0.4 is 10.2 Å². The first kappa shape index (κ1) is 17.0. The van der Waals surface area contributed by atoms with E-state index < -0.39 is 0 Å². The second kappa shape index (κ2) is 7.14. The first-order chi connectivity index (χ1) is 13.3. The molecule has 2 aromatic rings. The summed E-state index contributed by atoms with van der Waals surface area (Å²) >= 11 is 1.66. The maximum atomic E-state index is 12.6. The second-order valence-corrected chi connectivity index (χ2v) is 8.89. The third-order valence-electron chi connectivity index (χ3n) is 5.80. The summed E-state index contributed by atoms with van der Waals surface area (Å²) in [4.78, 5) is 22.8. The number of aromatic nitrogens is 3. The fourth-order valence-electron chi connectivity index (χ4n) is 3.98. The number of nitrogens with zero attached hydrogens (tertiary/aromatic N) is 4. The molecule has 3 aliphatic rings. The van der Waals surface area contributed by atoms with Crippen molar-refractivity contribution < 1.29 is 4.79 Å². The van der Waals surface area contributed by atoms with Gasteiger partial charge in [0.1, 0.15) is 0 Å². The van der Waals surface area contributed by atoms with Gasteiger partial charge in [0.15, 0.2) is 10.9 Å². The van der Waals surface area contributed by atoms with Crippen LogP contribution in [0.15, 0.2) is 6.07 Å². The molecule has 2 aliphatic carbocycles. The zero-order valence-electron chi connectivity index (χ0n) is 15.5. The molecule has 5 rings (SSSR count). The van der Waals surface area contributed by atoms with Crippen LogP contribution in [0.1, 0.15) is 54.3 Å². The minimum absolute atomic E-state index is 0.0285. The molecule has 1 saturated heterocycles. The van der Waals surface area contributed by atoms with Gasteiger partial charge >= 0.3 is 6.03 Å². The van der Waals surface area contributed by atoms with Gasteiger partial charge in [-0.05, 0) is 38.5 Å². The number of carbonyl (C=O) groups is 1. The fraction of sp³-hybridized carbons (Fsp3) is 0.632. The number of urea groups is 1. The Balaban J connectivity index is 1.16. The molecular weight excluding hydrogens is 360 g/mol. The number of H-pyrrole nitrogens is 1. The predicted octanol–water partition coefficient (Wildman–Crippen LogP) is 3.37. The maximum absolute atomic E-state index is 12.6. The van der Waals surface area contributed by atoms with Gasteiger partial charge in [-0.3, -0.25) is 10.4 Å². The molecule has 0 radical (unpaired) electrons. The van der Waals surface area contributed by atoms with Gasteiger partial charge in [-0.2, -0.15) is 5.10 Å². The minimum Gasteiger partial charge on any atom is -0.352 e. The van der Waals surface area contributed by atoms with Crippen molar-refractivity contribution in [3.8, 4) is 0 Å². The normalized spacial score (nSPS) is 20.3. The molecule has 3 heterocycles. The Kier molecular flexibility index (Phi) is 4.51. The minimum atomic E-state index is -0.0285. The van der Waals surface area contributed by atoms with Crippen LogP contribution in [-0.4, -0.2) is 52.3 Å². The second-order valence-electron chi connectivity index (χ2n) is 7.81. The number of hydrogen-bond donors (Lipinski definition) is 2. The summed E-state index contributed by atoms with van der Waals surface area (Å²) in [6.45, 7) is 3.05. The number of nitrogens with one attached hydrogen (secondary N) is 2. The van der Waals surface area contributed by atoms with Gasteiger partial charge in [-0.25, -0.2) is 9.78 Å². The average Bonchev–Trinajstić information content (AvgIpc) is 3.36. The van der Waals surface area contributed by atoms with Crippen molar-refractivity contribution in [2.75, 3.05) is 36.4 Å². The smallest absolute Gasteiger partial charge is 0.323 e. The van der Waals surface area contributed by atoms with Crippen molar-refractivity contribution in [2.45, 2.75) is 50.9 Å². The van der Waals surface area contributed by atoms with Gasteiger partial charge < -0.3 is 9.80 Å². The molecule has 0 bridgehead atoms. The summed E-state index contributed by atoms with van der Waals surface area (Å²) in [5.41, 5.74) is 2.45. The number of rotatable bonds is 3. The number of amides is 2. The van der Waals surface area contributed by atoms with Gasteiger partial charge in [0.25, 0.3) is 0 Å². The molecule has 1 aliphatic heterocycles. The van der Waals surface area contributed by atoms with Crippen LogP contribution in [0.3, 0.4) is 0 Å². The van der Waals surface area contributed by atoms with Gasteiger partial charge in [-0.1, -0.05) is 6.42 Å². The molecular formula is C19H26N6OS. The fourth-order valence-corrected chi connectivity index (χ4v) is 5.02. The van der Waals surface area contributed by atoms with Crippen LogP contribution in [0, 0.1) is 0 Å². The van der Waals surface area contributed by atoms with Crippen LogP contribution in [0.2, 0.25) is 0 Å². The van der Waals surface area contributed by atoms with Crippen molar-refractivity contribution in [3.63, 3.8) is 0 Å². The monoisotopic (exact) mass is 386 g/mol. The van der Waals surface area contributed by atoms with Crippen LogP contribution >= 0.6 is 11.3 Å². The first-order valence-corrected chi connectivity index (χ1v) is 10.9. The molecule has 144 valence electrons. The highest BCUT2D eigenvalue weighted by Gasteiger charge is 2.28. The Hall–Kier alpha value is -2.09. The van der Waals surface area contributed by atoms with E-state index in [0.29, 0.717) is 19.0 Å². The average molecular weight is 387 g/mol. The summed E-state index contributed by atoms with van der Waals surface area (Å²) < 4.78 is 0. The molecule has 7 nitrogen and oxygen atoms in total. The topological polar surface area (TPSA) is 77.2 Å². The summed E-state index contributed by atoms with van der Waals surface area (Å²) in [7, 11) is 0. The largest absolute Gasteiger partial charge is 0.352 e. The number of aromatic amines is 1. The zero-order valence-corrected chi connectivity index (χ0v) is 16.4. The van der Waals surface area contributed by atoms with E-state index in [1.54, 1.807) is 11.3 Å². The van der Waals surface area contributed by atoms with Crippen LogP contribution in [-0.2, 0) is 12.8 Å². The highest BCUT2D eigenvalue weighted by atomic mass is 32.1. The van der Waals surface area contributed by atoms with E-state index in [-0.39, 0.29) is 6.03 Å². The summed E-state index contributed by atoms with van der Waals surface area (Å²) in [5.74, 6) is 1.70. The van der Waals surface area contributed by atoms with E-state index in [0.717, 1.165) is 36.9 Å². The Morgan fingerprint density at radius 2 is 1.96 bits per heavy atom. The van der Waals surface area contributed by atoms with E-state index in [9.17, 15) is 4.79 Å². The van der Waals surface area contributed by atoms with E-state index in [1.165, 1.54) is 48.4 Å². The Labute approximate surface area is 163 Å². The maximum Gasteiger partial charge on any atom is 0.323 e. The van der Waals surface area contributed by atoms with Gasteiger partial charge in [-0.15, -0.1) is 11.3 Å². The third-order valence-corrected chi connectivity index (χ3v) is 6.87. The van der Waals surface area contributed by atoms with Crippen molar-refractivity contribution in [3.05, 3.63) is 22.3 Å². The summed E-state index contributed by atoms with van der Waals surface area (Å²) in [6.07, 6.45) is 8.43. The zero-order chi connectivity index (χ0) is 18.2. The molecule has 8 heteroatoms. The lowest BCUT2D eigenvalue weighted by Gasteiger charge is -2.34. The Morgan fingerprint density at radius 3 is 2.78 bits per heavy atom. The quantitative estimate of drug-likeness (QED) is 0.793. The Bertz CT molecular complexity index is 795. The molecule has 0 aromatic carbocycles. The van der Waals surface area contributed by atoms with Crippen LogP contribution in [0.5, 0.6) is 0 Å².